The van der Waals surface area contributed by atoms with Crippen LogP contribution < -0.4 is 5.73 Å². The molecule has 0 bridgehead atoms. The van der Waals surface area contributed by atoms with Crippen LogP contribution in [0.4, 0.5) is 5.69 Å². The van der Waals surface area contributed by atoms with Gasteiger partial charge in [-0.25, -0.2) is 0 Å². The van der Waals surface area contributed by atoms with E-state index in [4.69, 9.17) is 5.73 Å². The summed E-state index contributed by atoms with van der Waals surface area (Å²) in [6.07, 6.45) is 3.50. The smallest absolute Gasteiger partial charge is 0.0359 e. The molecule has 0 amide bonds. The van der Waals surface area contributed by atoms with Crippen molar-refractivity contribution in [3.63, 3.8) is 0 Å². The van der Waals surface area contributed by atoms with Gasteiger partial charge in [0.05, 0.1) is 0 Å². The first-order chi connectivity index (χ1) is 7.25. The second-order valence-electron chi connectivity index (χ2n) is 4.23. The van der Waals surface area contributed by atoms with Gasteiger partial charge in [-0.2, -0.15) is 0 Å². The fourth-order valence-electron chi connectivity index (χ4n) is 1.88. The van der Waals surface area contributed by atoms with E-state index in [0.29, 0.717) is 0 Å². The highest BCUT2D eigenvalue weighted by Gasteiger charge is 2.10. The Bertz CT molecular complexity index is 369. The maximum absolute atomic E-state index is 5.92. The molecule has 1 aliphatic rings. The van der Waals surface area contributed by atoms with Crippen LogP contribution in [0.5, 0.6) is 0 Å². The van der Waals surface area contributed by atoms with Crippen LogP contribution in [0.25, 0.3) is 0 Å². The Hall–Kier alpha value is -1.28. The van der Waals surface area contributed by atoms with Gasteiger partial charge in [0.2, 0.25) is 0 Å². The van der Waals surface area contributed by atoms with Gasteiger partial charge in [0.15, 0.2) is 0 Å². The number of anilines is 1. The van der Waals surface area contributed by atoms with Gasteiger partial charge in [-0.15, -0.1) is 0 Å². The third-order valence-corrected chi connectivity index (χ3v) is 2.97. The van der Waals surface area contributed by atoms with Crippen molar-refractivity contribution < 1.29 is 0 Å². The molecule has 80 valence electrons. The molecule has 2 heteroatoms. The summed E-state index contributed by atoms with van der Waals surface area (Å²) in [7, 11) is 0. The van der Waals surface area contributed by atoms with Crippen molar-refractivity contribution in [1.29, 1.82) is 0 Å². The van der Waals surface area contributed by atoms with Crippen LogP contribution in [0, 0.1) is 0 Å². The minimum atomic E-state index is 0.906. The van der Waals surface area contributed by atoms with Crippen LogP contribution >= 0.6 is 0 Å². The monoisotopic (exact) mass is 202 g/mol. The molecule has 2 nitrogen and oxygen atoms in total. The maximum atomic E-state index is 5.92. The Morgan fingerprint density at radius 1 is 1.33 bits per heavy atom. The molecule has 0 fully saturated rings. The van der Waals surface area contributed by atoms with Gasteiger partial charge in [-0.05, 0) is 25.0 Å². The van der Waals surface area contributed by atoms with Crippen molar-refractivity contribution in [2.75, 3.05) is 18.8 Å². The number of benzene rings is 1. The Morgan fingerprint density at radius 2 is 2.13 bits per heavy atom. The van der Waals surface area contributed by atoms with Gasteiger partial charge in [-0.1, -0.05) is 29.8 Å². The van der Waals surface area contributed by atoms with Crippen molar-refractivity contribution in [3.8, 4) is 0 Å². The number of nitrogens with zero attached hydrogens (tertiary/aromatic N) is 1. The molecule has 0 unspecified atom stereocenters. The molecule has 2 N–H and O–H groups in total. The van der Waals surface area contributed by atoms with Crippen LogP contribution in [0.3, 0.4) is 0 Å². The van der Waals surface area contributed by atoms with Crippen molar-refractivity contribution in [2.24, 2.45) is 0 Å². The third kappa shape index (κ3) is 2.60. The van der Waals surface area contributed by atoms with Gasteiger partial charge >= 0.3 is 0 Å². The number of hydrogen-bond donors (Lipinski definition) is 1. The molecule has 0 atom stereocenters. The highest BCUT2D eigenvalue weighted by molar-refractivity contribution is 5.46. The average Bonchev–Trinajstić information content (AvgIpc) is 2.25. The molecule has 0 aromatic heterocycles. The highest BCUT2D eigenvalue weighted by atomic mass is 15.1. The third-order valence-electron chi connectivity index (χ3n) is 2.97. The Morgan fingerprint density at radius 3 is 2.80 bits per heavy atom. The van der Waals surface area contributed by atoms with E-state index in [0.717, 1.165) is 25.3 Å². The molecular weight excluding hydrogens is 184 g/mol. The van der Waals surface area contributed by atoms with Crippen molar-refractivity contribution >= 4 is 5.69 Å². The predicted molar refractivity (Wildman–Crippen MR) is 64.5 cm³/mol. The Labute approximate surface area is 91.4 Å². The summed E-state index contributed by atoms with van der Waals surface area (Å²) in [5.41, 5.74) is 9.58. The second-order valence-corrected chi connectivity index (χ2v) is 4.23. The van der Waals surface area contributed by atoms with Crippen LogP contribution in [-0.2, 0) is 6.54 Å². The minimum absolute atomic E-state index is 0.906. The van der Waals surface area contributed by atoms with E-state index in [9.17, 15) is 0 Å². The van der Waals surface area contributed by atoms with Crippen molar-refractivity contribution in [1.82, 2.24) is 4.90 Å². The summed E-state index contributed by atoms with van der Waals surface area (Å²) in [6, 6.07) is 8.12. The van der Waals surface area contributed by atoms with Crippen LogP contribution in [0.1, 0.15) is 18.9 Å². The molecule has 1 heterocycles. The van der Waals surface area contributed by atoms with Gasteiger partial charge < -0.3 is 5.73 Å². The van der Waals surface area contributed by atoms with Gasteiger partial charge in [0.1, 0.15) is 0 Å². The number of para-hydroxylation sites is 1. The van der Waals surface area contributed by atoms with Crippen molar-refractivity contribution in [3.05, 3.63) is 41.5 Å². The SMILES string of the molecule is CC1=CCN(Cc2ccccc2N)CC1. The largest absolute Gasteiger partial charge is 0.398 e. The van der Waals surface area contributed by atoms with E-state index < -0.39 is 0 Å². The fourth-order valence-corrected chi connectivity index (χ4v) is 1.88. The van der Waals surface area contributed by atoms with E-state index in [-0.39, 0.29) is 0 Å². The molecule has 0 saturated heterocycles. The standard InChI is InChI=1S/C13H18N2/c1-11-6-8-15(9-7-11)10-12-4-2-3-5-13(12)14/h2-6H,7-10,14H2,1H3. The minimum Gasteiger partial charge on any atom is -0.398 e. The van der Waals surface area contributed by atoms with Crippen LogP contribution in [-0.4, -0.2) is 18.0 Å². The molecule has 1 aromatic rings. The first-order valence-electron chi connectivity index (χ1n) is 5.47. The zero-order chi connectivity index (χ0) is 10.7. The summed E-state index contributed by atoms with van der Waals surface area (Å²) < 4.78 is 0. The van der Waals surface area contributed by atoms with E-state index in [1.165, 1.54) is 17.6 Å². The molecule has 2 rings (SSSR count). The summed E-state index contributed by atoms with van der Waals surface area (Å²) in [5, 5.41) is 0. The number of rotatable bonds is 2. The molecular formula is C13H18N2. The molecule has 0 saturated carbocycles. The molecule has 1 aromatic carbocycles. The molecule has 0 radical (unpaired) electrons. The van der Waals surface area contributed by atoms with E-state index >= 15 is 0 Å². The van der Waals surface area contributed by atoms with Crippen LogP contribution in [0.15, 0.2) is 35.9 Å². The number of hydrogen-bond acceptors (Lipinski definition) is 2. The normalized spacial score (nSPS) is 17.5. The van der Waals surface area contributed by atoms with Gasteiger partial charge in [-0.3, -0.25) is 4.90 Å². The first kappa shape index (κ1) is 10.2. The lowest BCUT2D eigenvalue weighted by atomic mass is 10.1. The summed E-state index contributed by atoms with van der Waals surface area (Å²) in [4.78, 5) is 2.43. The van der Waals surface area contributed by atoms with E-state index in [1.807, 2.05) is 12.1 Å². The van der Waals surface area contributed by atoms with E-state index in [2.05, 4.69) is 30.0 Å². The zero-order valence-corrected chi connectivity index (χ0v) is 9.24. The van der Waals surface area contributed by atoms with Crippen LogP contribution in [0.2, 0.25) is 0 Å². The topological polar surface area (TPSA) is 29.3 Å². The van der Waals surface area contributed by atoms with E-state index in [1.54, 1.807) is 0 Å². The highest BCUT2D eigenvalue weighted by Crippen LogP contribution is 2.16. The zero-order valence-electron chi connectivity index (χ0n) is 9.24. The second kappa shape index (κ2) is 4.49. The van der Waals surface area contributed by atoms with Crippen molar-refractivity contribution in [2.45, 2.75) is 19.9 Å². The average molecular weight is 202 g/mol. The maximum Gasteiger partial charge on any atom is 0.0359 e. The van der Waals surface area contributed by atoms with Gasteiger partial charge in [0.25, 0.3) is 0 Å². The lowest BCUT2D eigenvalue weighted by molar-refractivity contribution is 0.286. The quantitative estimate of drug-likeness (QED) is 0.589. The van der Waals surface area contributed by atoms with Gasteiger partial charge in [0, 0.05) is 25.3 Å². The molecule has 1 aliphatic heterocycles. The Balaban J connectivity index is 2.01. The molecule has 0 spiro atoms. The summed E-state index contributed by atoms with van der Waals surface area (Å²) in [6.45, 7) is 5.38. The fraction of sp³-hybridized carbons (Fsp3) is 0.385. The lowest BCUT2D eigenvalue weighted by Gasteiger charge is -2.25. The summed E-state index contributed by atoms with van der Waals surface area (Å²) >= 11 is 0. The summed E-state index contributed by atoms with van der Waals surface area (Å²) in [5.74, 6) is 0. The number of nitrogens with two attached hydrogens (primary N) is 1. The lowest BCUT2D eigenvalue weighted by Crippen LogP contribution is -2.28. The first-order valence-corrected chi connectivity index (χ1v) is 5.47. The predicted octanol–water partition coefficient (Wildman–Crippen LogP) is 2.42. The molecule has 15 heavy (non-hydrogen) atoms. The number of nitrogen functional groups attached to an aromatic ring is 1. The molecule has 0 aliphatic carbocycles. The Kier molecular flexibility index (Phi) is 3.07.